The minimum Gasteiger partial charge on any atom is -0.495 e. The molecule has 3 heterocycles. The molecule has 0 bridgehead atoms. The lowest BCUT2D eigenvalue weighted by Gasteiger charge is -2.26. The van der Waals surface area contributed by atoms with Crippen molar-refractivity contribution in [1.82, 2.24) is 20.2 Å². The van der Waals surface area contributed by atoms with Gasteiger partial charge in [0.1, 0.15) is 17.0 Å². The third-order valence-electron chi connectivity index (χ3n) is 6.09. The Morgan fingerprint density at radius 2 is 1.53 bits per heavy atom. The average molecular weight is 471 g/mol. The smallest absolute Gasteiger partial charge is 0.168 e. The molecule has 0 radical (unpaired) electrons. The van der Waals surface area contributed by atoms with Crippen molar-refractivity contribution < 1.29 is 4.74 Å². The summed E-state index contributed by atoms with van der Waals surface area (Å²) >= 11 is 0. The third kappa shape index (κ3) is 3.73. The van der Waals surface area contributed by atoms with Crippen LogP contribution in [0.25, 0.3) is 33.1 Å². The number of benzene rings is 3. The minimum absolute atomic E-state index is 0.642. The van der Waals surface area contributed by atoms with E-state index in [-0.39, 0.29) is 0 Å². The van der Waals surface area contributed by atoms with Gasteiger partial charge in [0, 0.05) is 40.0 Å². The first kappa shape index (κ1) is 21.5. The predicted octanol–water partition coefficient (Wildman–Crippen LogP) is 6.30. The van der Waals surface area contributed by atoms with Crippen LogP contribution in [0.1, 0.15) is 0 Å². The van der Waals surface area contributed by atoms with Gasteiger partial charge in [-0.25, -0.2) is 4.98 Å². The molecule has 36 heavy (non-hydrogen) atoms. The van der Waals surface area contributed by atoms with E-state index in [0.717, 1.165) is 33.4 Å². The quantitative estimate of drug-likeness (QED) is 0.296. The molecule has 174 valence electrons. The van der Waals surface area contributed by atoms with Crippen molar-refractivity contribution in [2.45, 2.75) is 0 Å². The van der Waals surface area contributed by atoms with Crippen molar-refractivity contribution in [2.75, 3.05) is 17.7 Å². The standard InChI is InChI=1S/C29H22N6O/c1-36-22-17-25-28(32-18-22)26(15-16-31-25)35(21-13-11-20(30)12-14-21)29-24-10-6-5-9-23(24)27(33-34-29)19-7-3-2-4-8-19/h2-18H,30H2,1H3. The average Bonchev–Trinajstić information content (AvgIpc) is 2.94. The number of nitrogen functional groups attached to an aromatic ring is 1. The summed E-state index contributed by atoms with van der Waals surface area (Å²) in [7, 11) is 1.61. The molecule has 0 saturated heterocycles. The van der Waals surface area contributed by atoms with E-state index in [4.69, 9.17) is 20.7 Å². The molecule has 0 aliphatic carbocycles. The fourth-order valence-electron chi connectivity index (χ4n) is 4.35. The van der Waals surface area contributed by atoms with Crippen molar-refractivity contribution in [3.8, 4) is 17.0 Å². The Kier molecular flexibility index (Phi) is 5.35. The van der Waals surface area contributed by atoms with Crippen LogP contribution in [0.3, 0.4) is 0 Å². The highest BCUT2D eigenvalue weighted by molar-refractivity contribution is 6.05. The van der Waals surface area contributed by atoms with E-state index in [9.17, 15) is 0 Å². The molecular formula is C29H22N6O. The summed E-state index contributed by atoms with van der Waals surface area (Å²) in [6.07, 6.45) is 3.45. The van der Waals surface area contributed by atoms with Crippen molar-refractivity contribution in [3.63, 3.8) is 0 Å². The van der Waals surface area contributed by atoms with Crippen LogP contribution in [0.4, 0.5) is 22.9 Å². The molecule has 3 aromatic heterocycles. The lowest BCUT2D eigenvalue weighted by atomic mass is 10.0. The SMILES string of the molecule is COc1cnc2c(N(c3ccc(N)cc3)c3nnc(-c4ccccc4)c4ccccc34)ccnc2c1. The second kappa shape index (κ2) is 8.96. The third-order valence-corrected chi connectivity index (χ3v) is 6.09. The summed E-state index contributed by atoms with van der Waals surface area (Å²) in [5.41, 5.74) is 11.7. The largest absolute Gasteiger partial charge is 0.495 e. The van der Waals surface area contributed by atoms with Crippen LogP contribution >= 0.6 is 0 Å². The highest BCUT2D eigenvalue weighted by Crippen LogP contribution is 2.41. The number of aromatic nitrogens is 4. The zero-order valence-corrected chi connectivity index (χ0v) is 19.5. The number of hydrogen-bond donors (Lipinski definition) is 1. The fraction of sp³-hybridized carbons (Fsp3) is 0.0345. The van der Waals surface area contributed by atoms with Gasteiger partial charge >= 0.3 is 0 Å². The van der Waals surface area contributed by atoms with Crippen molar-refractivity contribution in [2.24, 2.45) is 0 Å². The Morgan fingerprint density at radius 1 is 0.778 bits per heavy atom. The molecule has 6 rings (SSSR count). The maximum absolute atomic E-state index is 6.02. The van der Waals surface area contributed by atoms with Gasteiger partial charge in [0.2, 0.25) is 0 Å². The first-order valence-electron chi connectivity index (χ1n) is 11.5. The molecule has 0 saturated carbocycles. The van der Waals surface area contributed by atoms with Crippen molar-refractivity contribution >= 4 is 44.7 Å². The van der Waals surface area contributed by atoms with Gasteiger partial charge in [0.15, 0.2) is 5.82 Å². The molecule has 7 nitrogen and oxygen atoms in total. The van der Waals surface area contributed by atoms with Crippen molar-refractivity contribution in [3.05, 3.63) is 103 Å². The fourth-order valence-corrected chi connectivity index (χ4v) is 4.35. The van der Waals surface area contributed by atoms with Crippen molar-refractivity contribution in [1.29, 1.82) is 0 Å². The highest BCUT2D eigenvalue weighted by atomic mass is 16.5. The molecular weight excluding hydrogens is 448 g/mol. The van der Waals surface area contributed by atoms with Gasteiger partial charge in [0.25, 0.3) is 0 Å². The number of rotatable bonds is 5. The zero-order chi connectivity index (χ0) is 24.5. The van der Waals surface area contributed by atoms with E-state index in [0.29, 0.717) is 28.3 Å². The molecule has 3 aromatic carbocycles. The van der Waals surface area contributed by atoms with Crippen LogP contribution < -0.4 is 15.4 Å². The van der Waals surface area contributed by atoms with Crippen LogP contribution in [-0.2, 0) is 0 Å². The molecule has 6 aromatic rings. The summed E-state index contributed by atoms with van der Waals surface area (Å²) in [5, 5.41) is 11.4. The second-order valence-electron chi connectivity index (χ2n) is 8.28. The summed E-state index contributed by atoms with van der Waals surface area (Å²) in [6.45, 7) is 0. The van der Waals surface area contributed by atoms with E-state index < -0.39 is 0 Å². The van der Waals surface area contributed by atoms with Crippen LogP contribution in [0.2, 0.25) is 0 Å². The summed E-state index contributed by atoms with van der Waals surface area (Å²) in [4.78, 5) is 11.3. The lowest BCUT2D eigenvalue weighted by Crippen LogP contribution is -2.14. The van der Waals surface area contributed by atoms with Crippen LogP contribution in [0.15, 0.2) is 103 Å². The summed E-state index contributed by atoms with van der Waals surface area (Å²) < 4.78 is 5.37. The van der Waals surface area contributed by atoms with E-state index in [1.807, 2.05) is 83.8 Å². The molecule has 0 amide bonds. The monoisotopic (exact) mass is 470 g/mol. The Labute approximate surface area is 207 Å². The van der Waals surface area contributed by atoms with Gasteiger partial charge in [-0.3, -0.25) is 9.88 Å². The second-order valence-corrected chi connectivity index (χ2v) is 8.28. The number of nitrogens with zero attached hydrogens (tertiary/aromatic N) is 5. The molecule has 0 aliphatic rings. The zero-order valence-electron chi connectivity index (χ0n) is 19.5. The summed E-state index contributed by atoms with van der Waals surface area (Å²) in [6, 6.07) is 29.7. The number of ether oxygens (including phenoxy) is 1. The molecule has 7 heteroatoms. The van der Waals surface area contributed by atoms with E-state index >= 15 is 0 Å². The van der Waals surface area contributed by atoms with Gasteiger partial charge in [-0.15, -0.1) is 10.2 Å². The molecule has 0 atom stereocenters. The Bertz CT molecular complexity index is 1690. The highest BCUT2D eigenvalue weighted by Gasteiger charge is 2.22. The van der Waals surface area contributed by atoms with Gasteiger partial charge in [-0.2, -0.15) is 0 Å². The van der Waals surface area contributed by atoms with Gasteiger partial charge in [0.05, 0.1) is 24.5 Å². The van der Waals surface area contributed by atoms with Crippen LogP contribution in [-0.4, -0.2) is 27.3 Å². The Morgan fingerprint density at radius 3 is 2.31 bits per heavy atom. The molecule has 0 unspecified atom stereocenters. The van der Waals surface area contributed by atoms with Gasteiger partial charge in [-0.1, -0.05) is 54.6 Å². The lowest BCUT2D eigenvalue weighted by molar-refractivity contribution is 0.413. The number of fused-ring (bicyclic) bond motifs is 2. The number of methoxy groups -OCH3 is 1. The van der Waals surface area contributed by atoms with Crippen LogP contribution in [0.5, 0.6) is 5.75 Å². The minimum atomic E-state index is 0.642. The molecule has 2 N–H and O–H groups in total. The Balaban J connectivity index is 1.64. The van der Waals surface area contributed by atoms with E-state index in [1.165, 1.54) is 0 Å². The van der Waals surface area contributed by atoms with Crippen LogP contribution in [0, 0.1) is 0 Å². The number of anilines is 4. The first-order chi connectivity index (χ1) is 17.7. The first-order valence-corrected chi connectivity index (χ1v) is 11.5. The maximum Gasteiger partial charge on any atom is 0.168 e. The molecule has 0 aliphatic heterocycles. The number of nitrogens with two attached hydrogens (primary N) is 1. The Hall–Kier alpha value is -5.04. The van der Waals surface area contributed by atoms with Gasteiger partial charge in [-0.05, 0) is 30.3 Å². The maximum atomic E-state index is 6.02. The topological polar surface area (TPSA) is 90.0 Å². The molecule has 0 spiro atoms. The number of hydrogen-bond acceptors (Lipinski definition) is 7. The normalized spacial score (nSPS) is 11.0. The number of pyridine rings is 2. The van der Waals surface area contributed by atoms with E-state index in [1.54, 1.807) is 19.5 Å². The molecule has 0 fully saturated rings. The van der Waals surface area contributed by atoms with E-state index in [2.05, 4.69) is 22.1 Å². The summed E-state index contributed by atoms with van der Waals surface area (Å²) in [5.74, 6) is 1.32. The van der Waals surface area contributed by atoms with Gasteiger partial charge < -0.3 is 10.5 Å². The predicted molar refractivity (Wildman–Crippen MR) is 144 cm³/mol.